The number of ether oxygens (including phenoxy) is 2. The molecule has 4 aromatic carbocycles. The fourth-order valence-corrected chi connectivity index (χ4v) is 12.1. The van der Waals surface area contributed by atoms with Crippen molar-refractivity contribution in [2.45, 2.75) is 90.8 Å². The van der Waals surface area contributed by atoms with Crippen molar-refractivity contribution in [3.8, 4) is 34.0 Å². The molecular weight excluding hydrogens is 1540 g/mol. The third kappa shape index (κ3) is 26.0. The van der Waals surface area contributed by atoms with Crippen molar-refractivity contribution in [2.24, 2.45) is 0 Å². The molecule has 0 saturated carbocycles. The van der Waals surface area contributed by atoms with Crippen LogP contribution in [0.3, 0.4) is 0 Å². The summed E-state index contributed by atoms with van der Waals surface area (Å²) >= 11 is 0. The number of nitrogens with one attached hydrogen (secondary N) is 6. The first-order chi connectivity index (χ1) is 53.8. The maximum atomic E-state index is 14.9. The molecule has 26 nitrogen and oxygen atoms in total. The summed E-state index contributed by atoms with van der Waals surface area (Å²) in [6, 6.07) is 14.8. The number of unbranched alkanes of at least 4 members (excludes halogenated alkanes) is 4. The number of nitrogens with zero attached hydrogens (tertiary/aromatic N) is 10. The van der Waals surface area contributed by atoms with E-state index in [1.165, 1.54) is 46.0 Å². The second-order valence-electron chi connectivity index (χ2n) is 27.3. The molecule has 6 N–H and O–H groups in total. The highest BCUT2D eigenvalue weighted by atomic mass is 19.4. The van der Waals surface area contributed by atoms with Crippen molar-refractivity contribution in [3.05, 3.63) is 143 Å². The van der Waals surface area contributed by atoms with Gasteiger partial charge >= 0.3 is 25.6 Å². The number of amides is 4. The molecule has 0 radical (unpaired) electrons. The van der Waals surface area contributed by atoms with Gasteiger partial charge in [0.15, 0.2) is 59.2 Å². The SMILES string of the molecule is CCc1cc(Nc2nccn3c(-c4ccc(OC(F)F)c(F)c4F)cnc23)ccc1C(=O)NCCCCC[N+](C)(C)CC(=O)N1CCNCC1.CCc1cc(Nc2nccn3c(-c4ccc(OC(F)F)c(F)c4F)cnc23)ccc1C(=O)NCCCCC[N+](C)(C)CC(=O)N1CCNCC1.O=C([O-])C(F)(F)F.O=C([O-])C(F)(F)F. The molecule has 0 atom stereocenters. The number of rotatable bonds is 30. The van der Waals surface area contributed by atoms with E-state index in [4.69, 9.17) is 19.8 Å². The summed E-state index contributed by atoms with van der Waals surface area (Å²) in [6.45, 7) is 7.50. The minimum atomic E-state index is -5.19. The van der Waals surface area contributed by atoms with Crippen molar-refractivity contribution >= 4 is 69.9 Å². The van der Waals surface area contributed by atoms with Gasteiger partial charge in [-0.05, 0) is 123 Å². The first-order valence-corrected chi connectivity index (χ1v) is 35.9. The Balaban J connectivity index is 0.000000270. The van der Waals surface area contributed by atoms with Gasteiger partial charge in [-0.15, -0.1) is 0 Å². The summed E-state index contributed by atoms with van der Waals surface area (Å²) < 4.78 is 184. The Morgan fingerprint density at radius 1 is 0.509 bits per heavy atom. The van der Waals surface area contributed by atoms with Gasteiger partial charge in [-0.1, -0.05) is 13.8 Å². The van der Waals surface area contributed by atoms with Crippen molar-refractivity contribution in [1.82, 2.24) is 59.8 Å². The van der Waals surface area contributed by atoms with Crippen LogP contribution in [0, 0.1) is 23.3 Å². The number of piperazine rings is 2. The Morgan fingerprint density at radius 3 is 1.18 bits per heavy atom. The zero-order valence-electron chi connectivity index (χ0n) is 62.8. The lowest BCUT2D eigenvalue weighted by molar-refractivity contribution is -0.883. The highest BCUT2D eigenvalue weighted by molar-refractivity contribution is 5.97. The molecule has 0 unspecified atom stereocenters. The number of anilines is 4. The average molecular weight is 1630 g/mol. The largest absolute Gasteiger partial charge is 0.542 e. The van der Waals surface area contributed by atoms with Gasteiger partial charge in [-0.25, -0.2) is 28.7 Å². The van der Waals surface area contributed by atoms with Crippen molar-refractivity contribution in [1.29, 1.82) is 0 Å². The molecule has 0 bridgehead atoms. The fourth-order valence-electron chi connectivity index (χ4n) is 12.1. The molecule has 8 aromatic rings. The molecule has 2 aliphatic heterocycles. The molecule has 2 fully saturated rings. The zero-order chi connectivity index (χ0) is 83.8. The Hall–Kier alpha value is -11.0. The van der Waals surface area contributed by atoms with E-state index in [1.807, 2.05) is 35.8 Å². The summed E-state index contributed by atoms with van der Waals surface area (Å²) in [5, 5.41) is 36.5. The Labute approximate surface area is 645 Å². The van der Waals surface area contributed by atoms with Crippen molar-refractivity contribution < 1.29 is 119 Å². The topological polar surface area (TPSA) is 306 Å². The third-order valence-electron chi connectivity index (χ3n) is 17.9. The van der Waals surface area contributed by atoms with E-state index < -0.39 is 72.3 Å². The first kappa shape index (κ1) is 90.2. The maximum absolute atomic E-state index is 14.9. The van der Waals surface area contributed by atoms with Crippen molar-refractivity contribution in [3.63, 3.8) is 0 Å². The van der Waals surface area contributed by atoms with E-state index in [9.17, 15) is 80.6 Å². The second-order valence-corrected chi connectivity index (χ2v) is 27.3. The van der Waals surface area contributed by atoms with Gasteiger partial charge in [0.1, 0.15) is 11.9 Å². The molecular formula is C74H86F14N16O10. The number of aliphatic carboxylic acids is 2. The number of aryl methyl sites for hydroxylation is 2. The normalized spacial score (nSPS) is 13.3. The number of carbonyl (C=O) groups excluding carboxylic acids is 6. The van der Waals surface area contributed by atoms with Gasteiger partial charge in [0.25, 0.3) is 23.6 Å². The molecule has 0 aliphatic carbocycles. The smallest absolute Gasteiger partial charge is 0.430 e. The number of halogens is 14. The number of hydrogen-bond donors (Lipinski definition) is 6. The number of carboxylic acids is 2. The van der Waals surface area contributed by atoms with Gasteiger partial charge in [-0.3, -0.25) is 28.0 Å². The van der Waals surface area contributed by atoms with E-state index >= 15 is 0 Å². The van der Waals surface area contributed by atoms with Crippen LogP contribution in [-0.2, 0) is 32.0 Å². The van der Waals surface area contributed by atoms with Crippen molar-refractivity contribution in [2.75, 3.05) is 130 Å². The quantitative estimate of drug-likeness (QED) is 0.0139. The van der Waals surface area contributed by atoms with Gasteiger partial charge in [0, 0.05) is 124 Å². The van der Waals surface area contributed by atoms with Gasteiger partial charge in [0.2, 0.25) is 11.6 Å². The molecule has 4 aromatic heterocycles. The van der Waals surface area contributed by atoms with Crippen LogP contribution < -0.4 is 51.6 Å². The number of fused-ring (bicyclic) bond motifs is 2. The number of carboxylic acid groups (broad SMARTS) is 2. The summed E-state index contributed by atoms with van der Waals surface area (Å²) in [6.07, 6.45) is 4.82. The van der Waals surface area contributed by atoms with Gasteiger partial charge < -0.3 is 79.9 Å². The van der Waals surface area contributed by atoms with Crippen LogP contribution in [0.1, 0.15) is 84.2 Å². The van der Waals surface area contributed by atoms with Crippen LogP contribution in [0.2, 0.25) is 0 Å². The number of aromatic nitrogens is 6. The van der Waals surface area contributed by atoms with E-state index in [-0.39, 0.29) is 46.1 Å². The van der Waals surface area contributed by atoms with Gasteiger partial charge in [0.05, 0.1) is 65.1 Å². The highest BCUT2D eigenvalue weighted by Gasteiger charge is 2.32. The lowest BCUT2D eigenvalue weighted by Crippen LogP contribution is -2.53. The number of imidazole rings is 2. The monoisotopic (exact) mass is 1620 g/mol. The van der Waals surface area contributed by atoms with Crippen LogP contribution in [0.25, 0.3) is 33.8 Å². The summed E-state index contributed by atoms with van der Waals surface area (Å²) in [7, 11) is 8.32. The zero-order valence-corrected chi connectivity index (χ0v) is 62.8. The first-order valence-electron chi connectivity index (χ1n) is 35.9. The number of likely N-dealkylation sites (N-methyl/N-ethyl adjacent to an activating group) is 2. The van der Waals surface area contributed by atoms with E-state index in [2.05, 4.69) is 89.5 Å². The van der Waals surface area contributed by atoms with Crippen LogP contribution in [0.5, 0.6) is 11.5 Å². The van der Waals surface area contributed by atoms with E-state index in [1.54, 1.807) is 24.3 Å². The van der Waals surface area contributed by atoms with Crippen LogP contribution in [0.15, 0.2) is 97.8 Å². The molecule has 114 heavy (non-hydrogen) atoms. The van der Waals surface area contributed by atoms with Crippen LogP contribution in [0.4, 0.5) is 84.5 Å². The number of carbonyl (C=O) groups is 6. The van der Waals surface area contributed by atoms with E-state index in [0.29, 0.717) is 93.4 Å². The summed E-state index contributed by atoms with van der Waals surface area (Å²) in [5.41, 5.74) is 4.63. The number of quaternary nitrogens is 2. The summed E-state index contributed by atoms with van der Waals surface area (Å²) in [5.74, 6) is -12.9. The standard InChI is InChI=1S/2C35H42F4N8O3.2C2HF3O2/c2*1-4-23-20-24(8-9-25(23)34(49)42-12-6-5-7-19-47(2,3)22-29(48)45-16-13-40-14-17-45)44-32-33-43-21-27(46(33)18-15-41-32)26-10-11-28(50-35(38)39)31(37)30(26)36;2*3-2(4,5)1(6)7/h2*8-11,15,18,20-21,35,40H,4-7,12-14,16-17,19,22H2,1-3H3,(H-,41,42,44,49);2*(H,6,7). The molecule has 2 aliphatic rings. The Morgan fingerprint density at radius 2 is 0.860 bits per heavy atom. The predicted octanol–water partition coefficient (Wildman–Crippen LogP) is 8.58. The third-order valence-corrected chi connectivity index (χ3v) is 17.9. The van der Waals surface area contributed by atoms with Crippen LogP contribution >= 0.6 is 0 Å². The number of alkyl halides is 10. The minimum Gasteiger partial charge on any atom is -0.542 e. The van der Waals surface area contributed by atoms with Crippen LogP contribution in [-0.4, -0.2) is 228 Å². The predicted molar refractivity (Wildman–Crippen MR) is 385 cm³/mol. The molecule has 6 heterocycles. The lowest BCUT2D eigenvalue weighted by Gasteiger charge is -2.33. The van der Waals surface area contributed by atoms with E-state index in [0.717, 1.165) is 139 Å². The maximum Gasteiger partial charge on any atom is 0.430 e. The molecule has 620 valence electrons. The minimum absolute atomic E-state index is 0.163. The molecule has 4 amide bonds. The molecule has 10 rings (SSSR count). The molecule has 0 spiro atoms. The Kier molecular flexibility index (Phi) is 32.6. The fraction of sp³-hybridized carbons (Fsp3) is 0.432. The Bertz CT molecular complexity index is 4330. The number of benzene rings is 4. The lowest BCUT2D eigenvalue weighted by atomic mass is 10.0. The summed E-state index contributed by atoms with van der Waals surface area (Å²) in [4.78, 5) is 90.3. The molecule has 2 saturated heterocycles. The second kappa shape index (κ2) is 41.2. The van der Waals surface area contributed by atoms with Gasteiger partial charge in [-0.2, -0.15) is 52.7 Å². The highest BCUT2D eigenvalue weighted by Crippen LogP contribution is 2.35. The molecule has 40 heteroatoms. The number of hydrogen-bond acceptors (Lipinski definition) is 18. The average Bonchev–Trinajstić information content (AvgIpc) is 1.59.